The monoisotopic (exact) mass is 723 g/mol. The minimum atomic E-state index is 0.410. The van der Waals surface area contributed by atoms with Gasteiger partial charge in [0.2, 0.25) is 0 Å². The lowest BCUT2D eigenvalue weighted by molar-refractivity contribution is 0.982. The van der Waals surface area contributed by atoms with Gasteiger partial charge in [-0.25, -0.2) is 9.97 Å². The lowest BCUT2D eigenvalue weighted by atomic mass is 10.1. The number of nitriles is 1. The Morgan fingerprint density at radius 2 is 0.852 bits per heavy atom. The van der Waals surface area contributed by atoms with Crippen molar-refractivity contribution >= 4 is 107 Å². The molecule has 250 valence electrons. The van der Waals surface area contributed by atoms with Crippen LogP contribution in [-0.2, 0) is 0 Å². The smallest absolute Gasteiger partial charge is 0.164 e. The number of hydrogen-bond acceptors (Lipinski definition) is 5. The van der Waals surface area contributed by atoms with E-state index in [1.54, 1.807) is 22.7 Å². The molecule has 7 aromatic carbocycles. The Bertz CT molecular complexity index is 3370. The number of nitrogens with zero attached hydrogens (tertiary/aromatic N) is 5. The third-order valence-corrected chi connectivity index (χ3v) is 13.0. The molecule has 0 N–H and O–H groups in total. The molecular formula is C47H25N5S2. The average Bonchev–Trinajstić information content (AvgIpc) is 3.96. The first-order chi connectivity index (χ1) is 26.7. The Morgan fingerprint density at radius 3 is 1.35 bits per heavy atom. The Morgan fingerprint density at radius 1 is 0.407 bits per heavy atom. The van der Waals surface area contributed by atoms with Crippen molar-refractivity contribution in [3.8, 4) is 29.1 Å². The van der Waals surface area contributed by atoms with Gasteiger partial charge in [-0.2, -0.15) is 5.26 Å². The molecule has 0 aliphatic heterocycles. The Labute approximate surface area is 315 Å². The van der Waals surface area contributed by atoms with Crippen molar-refractivity contribution < 1.29 is 0 Å². The molecule has 0 amide bonds. The van der Waals surface area contributed by atoms with E-state index in [2.05, 4.69) is 137 Å². The molecular weight excluding hydrogens is 699 g/mol. The van der Waals surface area contributed by atoms with Gasteiger partial charge in [0, 0.05) is 67.5 Å². The largest absolute Gasteiger partial charge is 0.292 e. The van der Waals surface area contributed by atoms with Gasteiger partial charge in [0.1, 0.15) is 11.6 Å². The van der Waals surface area contributed by atoms with Crippen molar-refractivity contribution in [2.24, 2.45) is 0 Å². The van der Waals surface area contributed by atoms with Gasteiger partial charge in [-0.3, -0.25) is 9.13 Å². The molecule has 0 atom stereocenters. The summed E-state index contributed by atoms with van der Waals surface area (Å²) in [4.78, 5) is 10.6. The van der Waals surface area contributed by atoms with Crippen LogP contribution in [0.4, 0.5) is 0 Å². The fourth-order valence-electron chi connectivity index (χ4n) is 8.41. The van der Waals surface area contributed by atoms with Crippen molar-refractivity contribution in [3.63, 3.8) is 0 Å². The van der Waals surface area contributed by atoms with Crippen molar-refractivity contribution in [2.45, 2.75) is 0 Å². The zero-order valence-electron chi connectivity index (χ0n) is 28.5. The normalized spacial score (nSPS) is 12.1. The van der Waals surface area contributed by atoms with Crippen LogP contribution in [0.2, 0.25) is 0 Å². The summed E-state index contributed by atoms with van der Waals surface area (Å²) in [5.41, 5.74) is 5.28. The van der Waals surface area contributed by atoms with Gasteiger partial charge in [-0.15, -0.1) is 22.7 Å². The quantitative estimate of drug-likeness (QED) is 0.182. The average molecular weight is 724 g/mol. The van der Waals surface area contributed by atoms with E-state index in [-0.39, 0.29) is 0 Å². The summed E-state index contributed by atoms with van der Waals surface area (Å²) in [6, 6.07) is 56.0. The molecule has 5 heterocycles. The van der Waals surface area contributed by atoms with Crippen molar-refractivity contribution in [2.75, 3.05) is 0 Å². The minimum Gasteiger partial charge on any atom is -0.292 e. The fourth-order valence-corrected chi connectivity index (χ4v) is 10.7. The first kappa shape index (κ1) is 29.7. The van der Waals surface area contributed by atoms with Crippen LogP contribution in [0.1, 0.15) is 5.56 Å². The molecule has 0 saturated heterocycles. The van der Waals surface area contributed by atoms with Crippen LogP contribution in [0.3, 0.4) is 0 Å². The summed E-state index contributed by atoms with van der Waals surface area (Å²) < 4.78 is 9.26. The number of hydrogen-bond donors (Lipinski definition) is 0. The van der Waals surface area contributed by atoms with Gasteiger partial charge < -0.3 is 0 Å². The van der Waals surface area contributed by atoms with E-state index in [0.29, 0.717) is 23.0 Å². The molecule has 0 radical (unpaired) electrons. The van der Waals surface area contributed by atoms with E-state index in [0.717, 1.165) is 49.2 Å². The summed E-state index contributed by atoms with van der Waals surface area (Å²) >= 11 is 3.58. The molecule has 0 unspecified atom stereocenters. The highest BCUT2D eigenvalue weighted by atomic mass is 32.1. The van der Waals surface area contributed by atoms with Crippen molar-refractivity contribution in [3.05, 3.63) is 157 Å². The zero-order valence-corrected chi connectivity index (χ0v) is 30.1. The first-order valence-electron chi connectivity index (χ1n) is 17.8. The van der Waals surface area contributed by atoms with Crippen LogP contribution in [0.15, 0.2) is 152 Å². The maximum absolute atomic E-state index is 11.3. The Hall–Kier alpha value is -6.85. The van der Waals surface area contributed by atoms with Crippen LogP contribution >= 0.6 is 22.7 Å². The van der Waals surface area contributed by atoms with E-state index in [1.807, 2.05) is 30.3 Å². The maximum Gasteiger partial charge on any atom is 0.164 e. The SMILES string of the molecule is N#Cc1c(-n2c3ccccc3c3cc4c(cc32)sc2ccccc24)nc(-c2ccccc2)nc1-n1c2ccccc2c2cc3c(cc21)sc1ccccc13. The fraction of sp³-hybridized carbons (Fsp3) is 0. The Balaban J connectivity index is 1.24. The molecule has 0 bridgehead atoms. The van der Waals surface area contributed by atoms with Gasteiger partial charge >= 0.3 is 0 Å². The van der Waals surface area contributed by atoms with Crippen molar-refractivity contribution in [1.82, 2.24) is 19.1 Å². The van der Waals surface area contributed by atoms with Gasteiger partial charge in [0.25, 0.3) is 0 Å². The molecule has 0 spiro atoms. The molecule has 5 nitrogen and oxygen atoms in total. The highest BCUT2D eigenvalue weighted by Crippen LogP contribution is 2.44. The summed E-state index contributed by atoms with van der Waals surface area (Å²) in [6.07, 6.45) is 0. The third-order valence-electron chi connectivity index (χ3n) is 10.8. The second kappa shape index (κ2) is 11.1. The van der Waals surface area contributed by atoms with Gasteiger partial charge in [-0.05, 0) is 48.5 Å². The summed E-state index contributed by atoms with van der Waals surface area (Å²) in [7, 11) is 0. The lowest BCUT2D eigenvalue weighted by Crippen LogP contribution is -2.10. The van der Waals surface area contributed by atoms with E-state index in [1.165, 1.54) is 40.3 Å². The lowest BCUT2D eigenvalue weighted by Gasteiger charge is -2.16. The number of fused-ring (bicyclic) bond motifs is 12. The molecule has 0 aliphatic rings. The minimum absolute atomic E-state index is 0.410. The molecule has 7 heteroatoms. The molecule has 0 aliphatic carbocycles. The van der Waals surface area contributed by atoms with E-state index in [9.17, 15) is 5.26 Å². The van der Waals surface area contributed by atoms with Gasteiger partial charge in [-0.1, -0.05) is 103 Å². The second-order valence-corrected chi connectivity index (χ2v) is 15.8. The number of aromatic nitrogens is 4. The van der Waals surface area contributed by atoms with Crippen LogP contribution in [0.25, 0.3) is 107 Å². The van der Waals surface area contributed by atoms with Crippen LogP contribution in [0.5, 0.6) is 0 Å². The molecule has 0 fully saturated rings. The first-order valence-corrected chi connectivity index (χ1v) is 19.4. The van der Waals surface area contributed by atoms with E-state index >= 15 is 0 Å². The zero-order chi connectivity index (χ0) is 35.5. The van der Waals surface area contributed by atoms with Crippen molar-refractivity contribution in [1.29, 1.82) is 5.26 Å². The third kappa shape index (κ3) is 4.06. The second-order valence-electron chi connectivity index (χ2n) is 13.7. The molecule has 12 aromatic rings. The molecule has 54 heavy (non-hydrogen) atoms. The maximum atomic E-state index is 11.3. The molecule has 12 rings (SSSR count). The number of para-hydroxylation sites is 2. The standard InChI is InChI=1S/C47H25N5S2/c48-26-36-46(51-37-18-8-4-14-28(37)32-22-34-30-16-6-10-20-41(30)53-43(34)24-39(32)51)49-45(27-12-2-1-3-13-27)50-47(36)52-38-19-9-5-15-29(38)33-23-35-31-17-7-11-21-42(31)54-44(35)25-40(33)52/h1-25H. The van der Waals surface area contributed by atoms with E-state index in [4.69, 9.17) is 9.97 Å². The predicted molar refractivity (Wildman–Crippen MR) is 227 cm³/mol. The highest BCUT2D eigenvalue weighted by Gasteiger charge is 2.26. The number of thiophene rings is 2. The Kier molecular flexibility index (Phi) is 6.09. The number of rotatable bonds is 3. The van der Waals surface area contributed by atoms with Gasteiger partial charge in [0.15, 0.2) is 17.5 Å². The predicted octanol–water partition coefficient (Wildman–Crippen LogP) is 12.9. The highest BCUT2D eigenvalue weighted by molar-refractivity contribution is 7.26. The van der Waals surface area contributed by atoms with Crippen LogP contribution in [0, 0.1) is 11.3 Å². The molecule has 0 saturated carbocycles. The summed E-state index contributed by atoms with van der Waals surface area (Å²) in [6.45, 7) is 0. The molecule has 5 aromatic heterocycles. The van der Waals surface area contributed by atoms with Crippen LogP contribution < -0.4 is 0 Å². The summed E-state index contributed by atoms with van der Waals surface area (Å²) in [5, 5.41) is 20.8. The van der Waals surface area contributed by atoms with Gasteiger partial charge in [0.05, 0.1) is 22.1 Å². The summed E-state index contributed by atoms with van der Waals surface area (Å²) in [5.74, 6) is 1.67. The van der Waals surface area contributed by atoms with E-state index < -0.39 is 0 Å². The number of benzene rings is 7. The topological polar surface area (TPSA) is 59.4 Å². The van der Waals surface area contributed by atoms with Crippen LogP contribution in [-0.4, -0.2) is 19.1 Å².